The first-order chi connectivity index (χ1) is 8.54. The number of carbonyl (C=O) groups excluding carboxylic acids is 1. The van der Waals surface area contributed by atoms with Crippen LogP contribution in [0.2, 0.25) is 0 Å². The number of aliphatic hydroxyl groups is 1. The lowest BCUT2D eigenvalue weighted by molar-refractivity contribution is -0.384. The summed E-state index contributed by atoms with van der Waals surface area (Å²) >= 11 is 0. The molecule has 1 rings (SSSR count). The molecule has 1 N–H and O–H groups in total. The van der Waals surface area contributed by atoms with Crippen molar-refractivity contribution in [2.24, 2.45) is 0 Å². The second-order valence-corrected chi connectivity index (χ2v) is 3.85. The van der Waals surface area contributed by atoms with Crippen molar-refractivity contribution in [3.63, 3.8) is 0 Å². The smallest absolute Gasteiger partial charge is 0.269 e. The van der Waals surface area contributed by atoms with E-state index in [0.717, 1.165) is 0 Å². The molecule has 0 spiro atoms. The van der Waals surface area contributed by atoms with Crippen LogP contribution >= 0.6 is 0 Å². The molecule has 0 aliphatic carbocycles. The molecule has 1 atom stereocenters. The van der Waals surface area contributed by atoms with Crippen LogP contribution in [-0.4, -0.2) is 29.5 Å². The SMILES string of the molecule is COCCC(=O)CC(O)c1ccc([N+](=O)[O-])cc1. The molecule has 0 bridgehead atoms. The Labute approximate surface area is 104 Å². The maximum atomic E-state index is 11.4. The molecule has 0 radical (unpaired) electrons. The van der Waals surface area contributed by atoms with Gasteiger partial charge in [0.15, 0.2) is 0 Å². The lowest BCUT2D eigenvalue weighted by Crippen LogP contribution is -2.08. The van der Waals surface area contributed by atoms with Gasteiger partial charge in [-0.3, -0.25) is 14.9 Å². The summed E-state index contributed by atoms with van der Waals surface area (Å²) < 4.78 is 4.76. The van der Waals surface area contributed by atoms with E-state index in [2.05, 4.69) is 0 Å². The van der Waals surface area contributed by atoms with Gasteiger partial charge in [-0.25, -0.2) is 0 Å². The first kappa shape index (κ1) is 14.3. The zero-order valence-corrected chi connectivity index (χ0v) is 10.0. The largest absolute Gasteiger partial charge is 0.388 e. The highest BCUT2D eigenvalue weighted by Gasteiger charge is 2.14. The number of methoxy groups -OCH3 is 1. The first-order valence-corrected chi connectivity index (χ1v) is 5.47. The molecule has 6 heteroatoms. The summed E-state index contributed by atoms with van der Waals surface area (Å²) in [5, 5.41) is 20.2. The number of carbonyl (C=O) groups is 1. The molecule has 0 saturated heterocycles. The number of Topliss-reactive ketones (excluding diaryl/α,β-unsaturated/α-hetero) is 1. The van der Waals surface area contributed by atoms with Gasteiger partial charge in [-0.05, 0) is 17.7 Å². The van der Waals surface area contributed by atoms with Crippen LogP contribution in [-0.2, 0) is 9.53 Å². The molecule has 1 unspecified atom stereocenters. The van der Waals surface area contributed by atoms with Crippen LogP contribution in [0.3, 0.4) is 0 Å². The number of non-ortho nitro benzene ring substituents is 1. The number of aliphatic hydroxyl groups excluding tert-OH is 1. The topological polar surface area (TPSA) is 89.7 Å². The van der Waals surface area contributed by atoms with E-state index in [1.165, 1.54) is 31.4 Å². The Kier molecular flexibility index (Phi) is 5.41. The molecule has 98 valence electrons. The number of ether oxygens (including phenoxy) is 1. The van der Waals surface area contributed by atoms with E-state index in [0.29, 0.717) is 12.2 Å². The third-order valence-corrected chi connectivity index (χ3v) is 2.49. The van der Waals surface area contributed by atoms with E-state index in [-0.39, 0.29) is 24.3 Å². The Morgan fingerprint density at radius 2 is 2.06 bits per heavy atom. The molecule has 1 aromatic rings. The maximum absolute atomic E-state index is 11.4. The molecular weight excluding hydrogens is 238 g/mol. The normalized spacial score (nSPS) is 12.1. The molecule has 0 fully saturated rings. The summed E-state index contributed by atoms with van der Waals surface area (Å²) in [7, 11) is 1.50. The van der Waals surface area contributed by atoms with Crippen molar-refractivity contribution < 1.29 is 19.6 Å². The molecule has 0 saturated carbocycles. The second kappa shape index (κ2) is 6.83. The average Bonchev–Trinajstić information content (AvgIpc) is 2.36. The van der Waals surface area contributed by atoms with Crippen molar-refractivity contribution in [1.29, 1.82) is 0 Å². The Morgan fingerprint density at radius 1 is 1.44 bits per heavy atom. The van der Waals surface area contributed by atoms with Gasteiger partial charge in [-0.2, -0.15) is 0 Å². The Hall–Kier alpha value is -1.79. The van der Waals surface area contributed by atoms with E-state index < -0.39 is 11.0 Å². The molecule has 0 aliphatic heterocycles. The van der Waals surface area contributed by atoms with Crippen molar-refractivity contribution in [3.05, 3.63) is 39.9 Å². The first-order valence-electron chi connectivity index (χ1n) is 5.47. The molecule has 18 heavy (non-hydrogen) atoms. The van der Waals surface area contributed by atoms with Crippen LogP contribution in [0.5, 0.6) is 0 Å². The van der Waals surface area contributed by atoms with Gasteiger partial charge >= 0.3 is 0 Å². The zero-order valence-electron chi connectivity index (χ0n) is 10.0. The van der Waals surface area contributed by atoms with Gasteiger partial charge in [-0.15, -0.1) is 0 Å². The number of ketones is 1. The maximum Gasteiger partial charge on any atom is 0.269 e. The monoisotopic (exact) mass is 253 g/mol. The third kappa shape index (κ3) is 4.23. The van der Waals surface area contributed by atoms with E-state index in [1.807, 2.05) is 0 Å². The Bertz CT molecular complexity index is 415. The Morgan fingerprint density at radius 3 is 2.56 bits per heavy atom. The highest BCUT2D eigenvalue weighted by Crippen LogP contribution is 2.20. The number of benzene rings is 1. The highest BCUT2D eigenvalue weighted by atomic mass is 16.6. The Balaban J connectivity index is 2.58. The summed E-state index contributed by atoms with van der Waals surface area (Å²) in [5.41, 5.74) is 0.447. The molecule has 0 aliphatic rings. The average molecular weight is 253 g/mol. The quantitative estimate of drug-likeness (QED) is 0.589. The van der Waals surface area contributed by atoms with Crippen molar-refractivity contribution in [2.75, 3.05) is 13.7 Å². The fraction of sp³-hybridized carbons (Fsp3) is 0.417. The van der Waals surface area contributed by atoms with Crippen LogP contribution in [0, 0.1) is 10.1 Å². The molecule has 1 aromatic carbocycles. The van der Waals surface area contributed by atoms with Gasteiger partial charge < -0.3 is 9.84 Å². The molecule has 0 aromatic heterocycles. The lowest BCUT2D eigenvalue weighted by atomic mass is 10.0. The predicted molar refractivity (Wildman–Crippen MR) is 64.2 cm³/mol. The molecule has 6 nitrogen and oxygen atoms in total. The summed E-state index contributed by atoms with van der Waals surface area (Å²) in [6, 6.07) is 5.51. The van der Waals surface area contributed by atoms with Gasteiger partial charge in [-0.1, -0.05) is 0 Å². The van der Waals surface area contributed by atoms with Crippen molar-refractivity contribution in [1.82, 2.24) is 0 Å². The van der Waals surface area contributed by atoms with E-state index >= 15 is 0 Å². The van der Waals surface area contributed by atoms with E-state index in [9.17, 15) is 20.0 Å². The number of nitrogens with zero attached hydrogens (tertiary/aromatic N) is 1. The second-order valence-electron chi connectivity index (χ2n) is 3.85. The summed E-state index contributed by atoms with van der Waals surface area (Å²) in [5.74, 6) is -0.109. The van der Waals surface area contributed by atoms with Crippen LogP contribution in [0.4, 0.5) is 5.69 Å². The minimum atomic E-state index is -0.935. The summed E-state index contributed by atoms with van der Waals surface area (Å²) in [6.45, 7) is 0.325. The van der Waals surface area contributed by atoms with Crippen molar-refractivity contribution in [2.45, 2.75) is 18.9 Å². The minimum Gasteiger partial charge on any atom is -0.388 e. The molecule has 0 amide bonds. The number of hydrogen-bond donors (Lipinski definition) is 1. The predicted octanol–water partition coefficient (Wildman–Crippen LogP) is 1.62. The molecule has 0 heterocycles. The number of nitro benzene ring substituents is 1. The van der Waals surface area contributed by atoms with Gasteiger partial charge in [0.05, 0.1) is 17.6 Å². The van der Waals surface area contributed by atoms with Crippen LogP contribution in [0.1, 0.15) is 24.5 Å². The molecular formula is C12H15NO5. The lowest BCUT2D eigenvalue weighted by Gasteiger charge is -2.09. The highest BCUT2D eigenvalue weighted by molar-refractivity contribution is 5.79. The van der Waals surface area contributed by atoms with Crippen LogP contribution in [0.15, 0.2) is 24.3 Å². The van der Waals surface area contributed by atoms with E-state index in [4.69, 9.17) is 4.74 Å². The number of hydrogen-bond acceptors (Lipinski definition) is 5. The standard InChI is InChI=1S/C12H15NO5/c1-18-7-6-11(14)8-12(15)9-2-4-10(5-3-9)13(16)17/h2-5,12,15H,6-8H2,1H3. The van der Waals surface area contributed by atoms with Gasteiger partial charge in [0.25, 0.3) is 5.69 Å². The van der Waals surface area contributed by atoms with Gasteiger partial charge in [0.1, 0.15) is 5.78 Å². The third-order valence-electron chi connectivity index (χ3n) is 2.49. The fourth-order valence-corrected chi connectivity index (χ4v) is 1.47. The fourth-order valence-electron chi connectivity index (χ4n) is 1.47. The van der Waals surface area contributed by atoms with Gasteiger partial charge in [0.2, 0.25) is 0 Å². The zero-order chi connectivity index (χ0) is 13.5. The number of rotatable bonds is 7. The van der Waals surface area contributed by atoms with E-state index in [1.54, 1.807) is 0 Å². The van der Waals surface area contributed by atoms with Crippen LogP contribution < -0.4 is 0 Å². The minimum absolute atomic E-state index is 0.0127. The van der Waals surface area contributed by atoms with Crippen LogP contribution in [0.25, 0.3) is 0 Å². The van der Waals surface area contributed by atoms with Crippen molar-refractivity contribution in [3.8, 4) is 0 Å². The summed E-state index contributed by atoms with van der Waals surface area (Å²) in [6.07, 6.45) is -0.697. The number of nitro groups is 1. The van der Waals surface area contributed by atoms with Crippen molar-refractivity contribution >= 4 is 11.5 Å². The van der Waals surface area contributed by atoms with Gasteiger partial charge in [0, 0.05) is 32.1 Å². The summed E-state index contributed by atoms with van der Waals surface area (Å²) in [4.78, 5) is 21.4.